The van der Waals surface area contributed by atoms with E-state index < -0.39 is 0 Å². The molecule has 1 rings (SSSR count). The fraction of sp³-hybridized carbons (Fsp3) is 0.417. The summed E-state index contributed by atoms with van der Waals surface area (Å²) in [5.41, 5.74) is 0.755. The maximum absolute atomic E-state index is 12.0. The Morgan fingerprint density at radius 3 is 2.50 bits per heavy atom. The van der Waals surface area contributed by atoms with Crippen LogP contribution < -0.4 is 0 Å². The summed E-state index contributed by atoms with van der Waals surface area (Å²) in [4.78, 5) is 14.2. The van der Waals surface area contributed by atoms with Gasteiger partial charge in [0.2, 0.25) is 0 Å². The van der Waals surface area contributed by atoms with Gasteiger partial charge in [-0.1, -0.05) is 22.9 Å². The molecule has 1 unspecified atom stereocenters. The minimum atomic E-state index is 0.0875. The van der Waals surface area contributed by atoms with E-state index in [1.165, 1.54) is 0 Å². The highest BCUT2D eigenvalue weighted by Gasteiger charge is 2.11. The molecule has 0 spiro atoms. The van der Waals surface area contributed by atoms with Crippen molar-refractivity contribution in [3.8, 4) is 0 Å². The van der Waals surface area contributed by atoms with Gasteiger partial charge in [-0.2, -0.15) is 0 Å². The Morgan fingerprint density at radius 2 is 2.00 bits per heavy atom. The third kappa shape index (κ3) is 4.41. The lowest BCUT2D eigenvalue weighted by Gasteiger charge is -2.17. The zero-order valence-electron chi connectivity index (χ0n) is 9.41. The lowest BCUT2D eigenvalue weighted by atomic mass is 10.2. The normalized spacial score (nSPS) is 12.2. The van der Waals surface area contributed by atoms with Gasteiger partial charge in [0, 0.05) is 27.6 Å². The molecule has 0 radical (unpaired) electrons. The van der Waals surface area contributed by atoms with Crippen LogP contribution in [-0.2, 0) is 0 Å². The van der Waals surface area contributed by atoms with Crippen molar-refractivity contribution in [3.05, 3.63) is 33.4 Å². The van der Waals surface area contributed by atoms with Gasteiger partial charge < -0.3 is 4.90 Å². The molecule has 1 aromatic rings. The van der Waals surface area contributed by atoms with Crippen LogP contribution in [0, 0.1) is 3.57 Å². The minimum absolute atomic E-state index is 0.0875. The monoisotopic (exact) mass is 395 g/mol. The van der Waals surface area contributed by atoms with Crippen molar-refractivity contribution in [3.63, 3.8) is 0 Å². The van der Waals surface area contributed by atoms with Gasteiger partial charge in [0.25, 0.3) is 5.91 Å². The second kappa shape index (κ2) is 6.59. The van der Waals surface area contributed by atoms with E-state index in [0.717, 1.165) is 22.1 Å². The summed E-state index contributed by atoms with van der Waals surface area (Å²) in [5.74, 6) is 0.0875. The van der Waals surface area contributed by atoms with Crippen molar-refractivity contribution < 1.29 is 4.79 Å². The highest BCUT2D eigenvalue weighted by Crippen LogP contribution is 2.10. The van der Waals surface area contributed by atoms with Crippen molar-refractivity contribution in [1.29, 1.82) is 0 Å². The Labute approximate surface area is 119 Å². The van der Waals surface area contributed by atoms with E-state index in [1.54, 1.807) is 4.90 Å². The molecule has 16 heavy (non-hydrogen) atoms. The first-order valence-electron chi connectivity index (χ1n) is 5.16. The molecule has 2 nitrogen and oxygen atoms in total. The smallest absolute Gasteiger partial charge is 0.253 e. The molecule has 1 aromatic carbocycles. The van der Waals surface area contributed by atoms with E-state index in [-0.39, 0.29) is 5.91 Å². The number of rotatable bonds is 4. The summed E-state index contributed by atoms with van der Waals surface area (Å²) in [7, 11) is 1.84. The number of amides is 1. The molecule has 0 fully saturated rings. The van der Waals surface area contributed by atoms with Gasteiger partial charge in [0.05, 0.1) is 0 Å². The van der Waals surface area contributed by atoms with Gasteiger partial charge in [-0.25, -0.2) is 0 Å². The van der Waals surface area contributed by atoms with Gasteiger partial charge in [-0.05, 0) is 53.3 Å². The quantitative estimate of drug-likeness (QED) is 0.564. The molecule has 0 aliphatic heterocycles. The summed E-state index contributed by atoms with van der Waals surface area (Å²) in [6.07, 6.45) is 0.965. The largest absolute Gasteiger partial charge is 0.342 e. The van der Waals surface area contributed by atoms with Crippen LogP contribution in [0.4, 0.5) is 0 Å². The number of hydrogen-bond acceptors (Lipinski definition) is 1. The molecule has 1 atom stereocenters. The van der Waals surface area contributed by atoms with Crippen LogP contribution in [0.15, 0.2) is 24.3 Å². The fourth-order valence-electron chi connectivity index (χ4n) is 1.29. The summed E-state index contributed by atoms with van der Waals surface area (Å²) in [5, 5.41) is 0. The molecule has 0 saturated carbocycles. The summed E-state index contributed by atoms with van der Waals surface area (Å²) in [6, 6.07) is 7.65. The van der Waals surface area contributed by atoms with Crippen molar-refractivity contribution in [1.82, 2.24) is 4.90 Å². The number of halogens is 2. The van der Waals surface area contributed by atoms with Crippen LogP contribution in [0.25, 0.3) is 0 Å². The van der Waals surface area contributed by atoms with Crippen LogP contribution in [0.1, 0.15) is 23.7 Å². The SMILES string of the molecule is CC(Br)CCN(C)C(=O)c1ccc(I)cc1. The topological polar surface area (TPSA) is 20.3 Å². The molecule has 0 aliphatic rings. The number of alkyl halides is 1. The number of nitrogens with zero attached hydrogens (tertiary/aromatic N) is 1. The summed E-state index contributed by atoms with van der Waals surface area (Å²) >= 11 is 5.71. The highest BCUT2D eigenvalue weighted by atomic mass is 127. The predicted molar refractivity (Wildman–Crippen MR) is 79.1 cm³/mol. The Morgan fingerprint density at radius 1 is 1.44 bits per heavy atom. The Balaban J connectivity index is 2.60. The third-order valence-electron chi connectivity index (χ3n) is 2.30. The van der Waals surface area contributed by atoms with E-state index in [9.17, 15) is 4.79 Å². The average Bonchev–Trinajstić information content (AvgIpc) is 2.26. The van der Waals surface area contributed by atoms with E-state index >= 15 is 0 Å². The average molecular weight is 396 g/mol. The number of carbonyl (C=O) groups is 1. The molecule has 0 saturated heterocycles. The molecule has 0 N–H and O–H groups in total. The fourth-order valence-corrected chi connectivity index (χ4v) is 1.85. The molecule has 4 heteroatoms. The number of hydrogen-bond donors (Lipinski definition) is 0. The molecule has 0 aliphatic carbocycles. The van der Waals surface area contributed by atoms with Gasteiger partial charge in [0.15, 0.2) is 0 Å². The predicted octanol–water partition coefficient (Wildman–Crippen LogP) is 3.54. The third-order valence-corrected chi connectivity index (χ3v) is 3.48. The lowest BCUT2D eigenvalue weighted by molar-refractivity contribution is 0.0794. The maximum Gasteiger partial charge on any atom is 0.253 e. The van der Waals surface area contributed by atoms with Crippen LogP contribution in [0.5, 0.6) is 0 Å². The van der Waals surface area contributed by atoms with E-state index in [2.05, 4.69) is 45.4 Å². The van der Waals surface area contributed by atoms with Gasteiger partial charge in [-0.3, -0.25) is 4.79 Å². The van der Waals surface area contributed by atoms with Crippen LogP contribution >= 0.6 is 38.5 Å². The molecule has 1 amide bonds. The molecular formula is C12H15BrINO. The van der Waals surface area contributed by atoms with Crippen LogP contribution in [0.2, 0.25) is 0 Å². The number of benzene rings is 1. The summed E-state index contributed by atoms with van der Waals surface area (Å²) in [6.45, 7) is 2.86. The van der Waals surface area contributed by atoms with Crippen LogP contribution in [0.3, 0.4) is 0 Å². The zero-order chi connectivity index (χ0) is 12.1. The van der Waals surface area contributed by atoms with E-state index in [1.807, 2.05) is 31.3 Å². The molecule has 88 valence electrons. The van der Waals surface area contributed by atoms with Crippen molar-refractivity contribution in [2.24, 2.45) is 0 Å². The molecule has 0 bridgehead atoms. The van der Waals surface area contributed by atoms with Crippen LogP contribution in [-0.4, -0.2) is 29.2 Å². The molecular weight excluding hydrogens is 381 g/mol. The highest BCUT2D eigenvalue weighted by molar-refractivity contribution is 14.1. The van der Waals surface area contributed by atoms with Gasteiger partial charge in [0.1, 0.15) is 0 Å². The number of carbonyl (C=O) groups excluding carboxylic acids is 1. The van der Waals surface area contributed by atoms with Gasteiger partial charge in [-0.15, -0.1) is 0 Å². The molecule has 0 heterocycles. The summed E-state index contributed by atoms with van der Waals surface area (Å²) < 4.78 is 1.14. The van der Waals surface area contributed by atoms with Gasteiger partial charge >= 0.3 is 0 Å². The molecule has 0 aromatic heterocycles. The first-order chi connectivity index (χ1) is 7.50. The Bertz CT molecular complexity index is 351. The van der Waals surface area contributed by atoms with E-state index in [0.29, 0.717) is 4.83 Å². The van der Waals surface area contributed by atoms with E-state index in [4.69, 9.17) is 0 Å². The second-order valence-electron chi connectivity index (χ2n) is 3.80. The zero-order valence-corrected chi connectivity index (χ0v) is 13.2. The van der Waals surface area contributed by atoms with Crippen molar-refractivity contribution >= 4 is 44.4 Å². The standard InChI is InChI=1S/C12H15BrINO/c1-9(13)7-8-15(2)12(16)10-3-5-11(14)6-4-10/h3-6,9H,7-8H2,1-2H3. The van der Waals surface area contributed by atoms with Crippen molar-refractivity contribution in [2.75, 3.05) is 13.6 Å². The Hall–Kier alpha value is -0.100. The lowest BCUT2D eigenvalue weighted by Crippen LogP contribution is -2.28. The van der Waals surface area contributed by atoms with Crippen molar-refractivity contribution in [2.45, 2.75) is 18.2 Å². The Kier molecular flexibility index (Phi) is 5.75. The first kappa shape index (κ1) is 14.0. The first-order valence-corrected chi connectivity index (χ1v) is 7.15. The maximum atomic E-state index is 12.0. The second-order valence-corrected chi connectivity index (χ2v) is 6.61. The minimum Gasteiger partial charge on any atom is -0.342 e.